The van der Waals surface area contributed by atoms with Crippen molar-refractivity contribution >= 4 is 17.3 Å². The van der Waals surface area contributed by atoms with Gasteiger partial charge in [0.1, 0.15) is 0 Å². The van der Waals surface area contributed by atoms with E-state index in [0.29, 0.717) is 18.8 Å². The van der Waals surface area contributed by atoms with E-state index in [-0.39, 0.29) is 11.3 Å². The minimum atomic E-state index is -1.22. The van der Waals surface area contributed by atoms with Gasteiger partial charge in [0.25, 0.3) is 5.69 Å². The summed E-state index contributed by atoms with van der Waals surface area (Å²) in [4.78, 5) is 21.2. The van der Waals surface area contributed by atoms with Gasteiger partial charge in [-0.05, 0) is 26.8 Å². The van der Waals surface area contributed by atoms with Crippen LogP contribution in [0.15, 0.2) is 18.2 Å². The third kappa shape index (κ3) is 4.20. The van der Waals surface area contributed by atoms with Crippen molar-refractivity contribution in [2.45, 2.75) is 26.4 Å². The maximum Gasteiger partial charge on any atom is 0.338 e. The summed E-state index contributed by atoms with van der Waals surface area (Å²) in [5.74, 6) is -1.22. The fraction of sp³-hybridized carbons (Fsp3) is 0.462. The predicted octanol–water partition coefficient (Wildman–Crippen LogP) is 2.52. The van der Waals surface area contributed by atoms with Crippen LogP contribution in [0.5, 0.6) is 0 Å². The average molecular weight is 282 g/mol. The van der Waals surface area contributed by atoms with Gasteiger partial charge >= 0.3 is 5.97 Å². The molecule has 7 heteroatoms. The molecule has 0 atom stereocenters. The number of nitrogens with zero attached hydrogens (tertiary/aromatic N) is 1. The van der Waals surface area contributed by atoms with Crippen molar-refractivity contribution in [2.24, 2.45) is 0 Å². The summed E-state index contributed by atoms with van der Waals surface area (Å²) < 4.78 is 5.50. The predicted molar refractivity (Wildman–Crippen MR) is 74.3 cm³/mol. The van der Waals surface area contributed by atoms with E-state index >= 15 is 0 Å². The number of nitro groups is 1. The van der Waals surface area contributed by atoms with Gasteiger partial charge in [-0.25, -0.2) is 4.79 Å². The van der Waals surface area contributed by atoms with Crippen molar-refractivity contribution < 1.29 is 19.6 Å². The quantitative estimate of drug-likeness (QED) is 0.588. The Morgan fingerprint density at radius 1 is 1.50 bits per heavy atom. The molecule has 0 saturated heterocycles. The van der Waals surface area contributed by atoms with Crippen molar-refractivity contribution in [3.05, 3.63) is 33.9 Å². The van der Waals surface area contributed by atoms with Crippen molar-refractivity contribution in [2.75, 3.05) is 18.5 Å². The Morgan fingerprint density at radius 3 is 2.65 bits per heavy atom. The van der Waals surface area contributed by atoms with Crippen molar-refractivity contribution in [3.63, 3.8) is 0 Å². The summed E-state index contributed by atoms with van der Waals surface area (Å²) in [5, 5.41) is 22.7. The van der Waals surface area contributed by atoms with Gasteiger partial charge in [-0.15, -0.1) is 0 Å². The molecule has 0 bridgehead atoms. The Hall–Kier alpha value is -2.15. The molecule has 20 heavy (non-hydrogen) atoms. The number of hydrogen-bond donors (Lipinski definition) is 2. The molecule has 1 rings (SSSR count). The lowest BCUT2D eigenvalue weighted by molar-refractivity contribution is -0.384. The summed E-state index contributed by atoms with van der Waals surface area (Å²) in [6.45, 7) is 6.54. The number of nitro benzene ring substituents is 1. The number of anilines is 1. The number of ether oxygens (including phenoxy) is 1. The van der Waals surface area contributed by atoms with Crippen LogP contribution in [-0.4, -0.2) is 34.8 Å². The number of benzene rings is 1. The smallest absolute Gasteiger partial charge is 0.338 e. The lowest BCUT2D eigenvalue weighted by Gasteiger charge is -2.25. The van der Waals surface area contributed by atoms with Crippen LogP contribution >= 0.6 is 0 Å². The molecule has 0 saturated carbocycles. The zero-order valence-electron chi connectivity index (χ0n) is 11.7. The maximum absolute atomic E-state index is 11.2. The Morgan fingerprint density at radius 2 is 2.15 bits per heavy atom. The minimum Gasteiger partial charge on any atom is -0.478 e. The highest BCUT2D eigenvalue weighted by atomic mass is 16.6. The fourth-order valence-corrected chi connectivity index (χ4v) is 1.73. The summed E-state index contributed by atoms with van der Waals surface area (Å²) in [6.07, 6.45) is 0. The summed E-state index contributed by atoms with van der Waals surface area (Å²) in [6, 6.07) is 3.70. The van der Waals surface area contributed by atoms with Crippen LogP contribution in [0, 0.1) is 10.1 Å². The number of carbonyl (C=O) groups is 1. The van der Waals surface area contributed by atoms with Crippen LogP contribution in [0.4, 0.5) is 11.4 Å². The number of non-ortho nitro benzene ring substituents is 1. The van der Waals surface area contributed by atoms with E-state index in [1.54, 1.807) is 0 Å². The zero-order chi connectivity index (χ0) is 15.3. The van der Waals surface area contributed by atoms with Crippen molar-refractivity contribution in [3.8, 4) is 0 Å². The van der Waals surface area contributed by atoms with E-state index in [0.717, 1.165) is 6.07 Å². The number of carboxylic acid groups (broad SMARTS) is 1. The van der Waals surface area contributed by atoms with Crippen molar-refractivity contribution in [1.29, 1.82) is 0 Å². The number of nitrogens with one attached hydrogen (secondary N) is 1. The Balaban J connectivity index is 2.95. The summed E-state index contributed by atoms with van der Waals surface area (Å²) in [7, 11) is 0. The van der Waals surface area contributed by atoms with E-state index in [2.05, 4.69) is 5.32 Å². The van der Waals surface area contributed by atoms with Crippen LogP contribution in [0.1, 0.15) is 31.1 Å². The van der Waals surface area contributed by atoms with E-state index in [9.17, 15) is 14.9 Å². The van der Waals surface area contributed by atoms with Crippen LogP contribution < -0.4 is 5.32 Å². The molecular weight excluding hydrogens is 264 g/mol. The summed E-state index contributed by atoms with van der Waals surface area (Å²) >= 11 is 0. The molecule has 0 aliphatic carbocycles. The molecule has 0 fully saturated rings. The maximum atomic E-state index is 11.2. The lowest BCUT2D eigenvalue weighted by atomic mass is 10.1. The number of aromatic carboxylic acids is 1. The Bertz CT molecular complexity index is 513. The minimum absolute atomic E-state index is 0.133. The second-order valence-corrected chi connectivity index (χ2v) is 4.84. The second-order valence-electron chi connectivity index (χ2n) is 4.84. The molecule has 0 spiro atoms. The molecule has 0 radical (unpaired) electrons. The van der Waals surface area contributed by atoms with Gasteiger partial charge in [0.15, 0.2) is 0 Å². The third-order valence-corrected chi connectivity index (χ3v) is 2.68. The number of hydrogen-bond acceptors (Lipinski definition) is 5. The molecule has 1 aromatic carbocycles. The molecule has 0 heterocycles. The number of rotatable bonds is 7. The summed E-state index contributed by atoms with van der Waals surface area (Å²) in [5.41, 5.74) is -0.522. The first kappa shape index (κ1) is 15.9. The zero-order valence-corrected chi connectivity index (χ0v) is 11.7. The standard InChI is InChI=1S/C13H18N2O5/c1-4-20-13(2,3)8-14-11-6-5-9(15(18)19)7-10(11)12(16)17/h5-7,14H,4,8H2,1-3H3,(H,16,17). The molecule has 110 valence electrons. The molecule has 0 amide bonds. The normalized spacial score (nSPS) is 11.2. The highest BCUT2D eigenvalue weighted by Crippen LogP contribution is 2.23. The average Bonchev–Trinajstić information content (AvgIpc) is 2.36. The van der Waals surface area contributed by atoms with Gasteiger partial charge in [-0.2, -0.15) is 0 Å². The first-order chi connectivity index (χ1) is 9.26. The van der Waals surface area contributed by atoms with Crippen LogP contribution in [0.3, 0.4) is 0 Å². The van der Waals surface area contributed by atoms with Gasteiger partial charge < -0.3 is 15.2 Å². The molecule has 2 N–H and O–H groups in total. The van der Waals surface area contributed by atoms with Crippen molar-refractivity contribution in [1.82, 2.24) is 0 Å². The topological polar surface area (TPSA) is 102 Å². The SMILES string of the molecule is CCOC(C)(C)CNc1ccc([N+](=O)[O-])cc1C(=O)O. The van der Waals surface area contributed by atoms with Gasteiger partial charge in [0, 0.05) is 31.0 Å². The molecule has 7 nitrogen and oxygen atoms in total. The first-order valence-corrected chi connectivity index (χ1v) is 6.16. The van der Waals surface area contributed by atoms with E-state index in [4.69, 9.17) is 9.84 Å². The van der Waals surface area contributed by atoms with Gasteiger partial charge in [-0.3, -0.25) is 10.1 Å². The van der Waals surface area contributed by atoms with Gasteiger partial charge in [0.05, 0.1) is 16.1 Å². The lowest BCUT2D eigenvalue weighted by Crippen LogP contribution is -2.33. The first-order valence-electron chi connectivity index (χ1n) is 6.16. The Kier molecular flexibility index (Phi) is 5.04. The molecule has 0 aliphatic rings. The molecule has 0 aliphatic heterocycles. The fourth-order valence-electron chi connectivity index (χ4n) is 1.73. The highest BCUT2D eigenvalue weighted by Gasteiger charge is 2.20. The molecule has 0 aromatic heterocycles. The van der Waals surface area contributed by atoms with Crippen LogP contribution in [-0.2, 0) is 4.74 Å². The van der Waals surface area contributed by atoms with E-state index < -0.39 is 16.5 Å². The van der Waals surface area contributed by atoms with Crippen LogP contribution in [0.2, 0.25) is 0 Å². The number of carboxylic acids is 1. The highest BCUT2D eigenvalue weighted by molar-refractivity contribution is 5.95. The van der Waals surface area contributed by atoms with Gasteiger partial charge in [0.2, 0.25) is 0 Å². The van der Waals surface area contributed by atoms with E-state index in [1.807, 2.05) is 20.8 Å². The second kappa shape index (κ2) is 6.33. The molecule has 1 aromatic rings. The van der Waals surface area contributed by atoms with E-state index in [1.165, 1.54) is 12.1 Å². The monoisotopic (exact) mass is 282 g/mol. The largest absolute Gasteiger partial charge is 0.478 e. The van der Waals surface area contributed by atoms with Gasteiger partial charge in [-0.1, -0.05) is 0 Å². The molecular formula is C13H18N2O5. The Labute approximate surface area is 116 Å². The van der Waals surface area contributed by atoms with Crippen LogP contribution in [0.25, 0.3) is 0 Å². The third-order valence-electron chi connectivity index (χ3n) is 2.68. The molecule has 0 unspecified atom stereocenters.